The molecule has 0 radical (unpaired) electrons. The molecule has 17 heavy (non-hydrogen) atoms. The van der Waals surface area contributed by atoms with Crippen LogP contribution in [0.1, 0.15) is 17.2 Å². The molecule has 1 aromatic heterocycles. The third-order valence-electron chi connectivity index (χ3n) is 2.60. The molecule has 0 spiro atoms. The summed E-state index contributed by atoms with van der Waals surface area (Å²) >= 11 is 12.1. The lowest BCUT2D eigenvalue weighted by Gasteiger charge is -2.14. The number of aromatic nitrogens is 1. The van der Waals surface area contributed by atoms with Gasteiger partial charge >= 0.3 is 0 Å². The average Bonchev–Trinajstić information content (AvgIpc) is 2.32. The number of halogens is 2. The third kappa shape index (κ3) is 2.97. The van der Waals surface area contributed by atoms with Crippen LogP contribution in [0, 0.1) is 0 Å². The molecule has 0 aliphatic heterocycles. The minimum absolute atomic E-state index is 0.163. The van der Waals surface area contributed by atoms with Crippen molar-refractivity contribution < 1.29 is 0 Å². The van der Waals surface area contributed by atoms with Gasteiger partial charge in [0.05, 0.1) is 5.02 Å². The van der Waals surface area contributed by atoms with Crippen molar-refractivity contribution in [3.05, 3.63) is 63.9 Å². The van der Waals surface area contributed by atoms with E-state index in [9.17, 15) is 0 Å². The molecule has 88 valence electrons. The van der Waals surface area contributed by atoms with Crippen molar-refractivity contribution in [1.29, 1.82) is 0 Å². The van der Waals surface area contributed by atoms with Gasteiger partial charge < -0.3 is 5.73 Å². The van der Waals surface area contributed by atoms with Gasteiger partial charge in [0.25, 0.3) is 0 Å². The molecule has 2 aromatic rings. The SMILES string of the molecule is NC(Cc1ccncc1Cl)c1ccccc1Cl. The number of rotatable bonds is 3. The van der Waals surface area contributed by atoms with Crippen molar-refractivity contribution in [3.63, 3.8) is 0 Å². The number of nitrogens with two attached hydrogens (primary N) is 1. The molecule has 0 saturated carbocycles. The Bertz CT molecular complexity index is 514. The quantitative estimate of drug-likeness (QED) is 0.922. The van der Waals surface area contributed by atoms with Crippen LogP contribution in [0.3, 0.4) is 0 Å². The second kappa shape index (κ2) is 5.50. The van der Waals surface area contributed by atoms with Crippen LogP contribution in [0.5, 0.6) is 0 Å². The Labute approximate surface area is 110 Å². The van der Waals surface area contributed by atoms with Crippen molar-refractivity contribution in [2.24, 2.45) is 5.73 Å². The zero-order chi connectivity index (χ0) is 12.3. The molecule has 0 bridgehead atoms. The minimum atomic E-state index is -0.163. The minimum Gasteiger partial charge on any atom is -0.324 e. The first kappa shape index (κ1) is 12.4. The summed E-state index contributed by atoms with van der Waals surface area (Å²) in [5, 5.41) is 1.32. The molecule has 0 aliphatic rings. The van der Waals surface area contributed by atoms with Gasteiger partial charge in [-0.25, -0.2) is 0 Å². The maximum atomic E-state index is 6.13. The topological polar surface area (TPSA) is 38.9 Å². The zero-order valence-electron chi connectivity index (χ0n) is 9.11. The van der Waals surface area contributed by atoms with Gasteiger partial charge in [-0.1, -0.05) is 41.4 Å². The van der Waals surface area contributed by atoms with Crippen LogP contribution in [0.25, 0.3) is 0 Å². The molecule has 1 aromatic carbocycles. The van der Waals surface area contributed by atoms with Gasteiger partial charge in [0.15, 0.2) is 0 Å². The van der Waals surface area contributed by atoms with Gasteiger partial charge in [0.2, 0.25) is 0 Å². The molecular formula is C13H12Cl2N2. The van der Waals surface area contributed by atoms with E-state index >= 15 is 0 Å². The third-order valence-corrected chi connectivity index (χ3v) is 3.29. The molecule has 1 atom stereocenters. The van der Waals surface area contributed by atoms with Crippen molar-refractivity contribution >= 4 is 23.2 Å². The fraction of sp³-hybridized carbons (Fsp3) is 0.154. The van der Waals surface area contributed by atoms with Crippen LogP contribution in [-0.2, 0) is 6.42 Å². The van der Waals surface area contributed by atoms with E-state index in [-0.39, 0.29) is 6.04 Å². The second-order valence-electron chi connectivity index (χ2n) is 3.80. The Balaban J connectivity index is 2.20. The molecule has 2 rings (SSSR count). The van der Waals surface area contributed by atoms with Crippen LogP contribution < -0.4 is 5.73 Å². The van der Waals surface area contributed by atoms with Gasteiger partial charge in [-0.15, -0.1) is 0 Å². The number of nitrogens with zero attached hydrogens (tertiary/aromatic N) is 1. The molecule has 0 aliphatic carbocycles. The van der Waals surface area contributed by atoms with Gasteiger partial charge in [-0.3, -0.25) is 4.98 Å². The lowest BCUT2D eigenvalue weighted by atomic mass is 10.0. The molecule has 1 unspecified atom stereocenters. The first-order valence-corrected chi connectivity index (χ1v) is 6.02. The number of hydrogen-bond donors (Lipinski definition) is 1. The summed E-state index contributed by atoms with van der Waals surface area (Å²) in [7, 11) is 0. The van der Waals surface area contributed by atoms with Crippen LogP contribution in [0.2, 0.25) is 10.0 Å². The highest BCUT2D eigenvalue weighted by molar-refractivity contribution is 6.31. The average molecular weight is 267 g/mol. The summed E-state index contributed by atoms with van der Waals surface area (Å²) in [5.74, 6) is 0. The standard InChI is InChI=1S/C13H12Cl2N2/c14-11-4-2-1-3-10(11)13(16)7-9-5-6-17-8-12(9)15/h1-6,8,13H,7,16H2. The van der Waals surface area contributed by atoms with Crippen LogP contribution in [0.4, 0.5) is 0 Å². The smallest absolute Gasteiger partial charge is 0.0622 e. The second-order valence-corrected chi connectivity index (χ2v) is 4.61. The fourth-order valence-corrected chi connectivity index (χ4v) is 2.16. The largest absolute Gasteiger partial charge is 0.324 e. The van der Waals surface area contributed by atoms with Crippen LogP contribution >= 0.6 is 23.2 Å². The van der Waals surface area contributed by atoms with E-state index in [0.29, 0.717) is 16.5 Å². The first-order valence-electron chi connectivity index (χ1n) is 5.27. The van der Waals surface area contributed by atoms with Crippen molar-refractivity contribution in [2.45, 2.75) is 12.5 Å². The van der Waals surface area contributed by atoms with E-state index in [2.05, 4.69) is 4.98 Å². The Morgan fingerprint density at radius 1 is 1.12 bits per heavy atom. The fourth-order valence-electron chi connectivity index (χ4n) is 1.69. The van der Waals surface area contributed by atoms with Crippen molar-refractivity contribution in [1.82, 2.24) is 4.98 Å². The van der Waals surface area contributed by atoms with E-state index in [1.165, 1.54) is 0 Å². The van der Waals surface area contributed by atoms with E-state index in [4.69, 9.17) is 28.9 Å². The normalized spacial score (nSPS) is 12.4. The summed E-state index contributed by atoms with van der Waals surface area (Å²) in [6.07, 6.45) is 3.97. The lowest BCUT2D eigenvalue weighted by molar-refractivity contribution is 0.721. The summed E-state index contributed by atoms with van der Waals surface area (Å²) in [6, 6.07) is 9.29. The Morgan fingerprint density at radius 2 is 1.88 bits per heavy atom. The summed E-state index contributed by atoms with van der Waals surface area (Å²) in [5.41, 5.74) is 8.05. The number of benzene rings is 1. The molecule has 0 amide bonds. The monoisotopic (exact) mass is 266 g/mol. The van der Waals surface area contributed by atoms with Gasteiger partial charge in [0.1, 0.15) is 0 Å². The first-order chi connectivity index (χ1) is 8.18. The molecule has 0 saturated heterocycles. The Kier molecular flexibility index (Phi) is 4.00. The van der Waals surface area contributed by atoms with Crippen LogP contribution in [-0.4, -0.2) is 4.98 Å². The molecule has 4 heteroatoms. The number of pyridine rings is 1. The van der Waals surface area contributed by atoms with Crippen LogP contribution in [0.15, 0.2) is 42.7 Å². The zero-order valence-corrected chi connectivity index (χ0v) is 10.6. The molecule has 0 fully saturated rings. The highest BCUT2D eigenvalue weighted by Gasteiger charge is 2.12. The lowest BCUT2D eigenvalue weighted by Crippen LogP contribution is -2.14. The summed E-state index contributed by atoms with van der Waals surface area (Å²) in [4.78, 5) is 3.94. The Morgan fingerprint density at radius 3 is 2.59 bits per heavy atom. The van der Waals surface area contributed by atoms with Gasteiger partial charge in [-0.2, -0.15) is 0 Å². The van der Waals surface area contributed by atoms with E-state index in [1.54, 1.807) is 12.4 Å². The predicted molar refractivity (Wildman–Crippen MR) is 71.3 cm³/mol. The van der Waals surface area contributed by atoms with E-state index in [0.717, 1.165) is 11.1 Å². The van der Waals surface area contributed by atoms with Gasteiger partial charge in [0, 0.05) is 23.5 Å². The highest BCUT2D eigenvalue weighted by Crippen LogP contribution is 2.25. The molecule has 1 heterocycles. The summed E-state index contributed by atoms with van der Waals surface area (Å²) < 4.78 is 0. The summed E-state index contributed by atoms with van der Waals surface area (Å²) in [6.45, 7) is 0. The molecule has 2 N–H and O–H groups in total. The maximum absolute atomic E-state index is 6.13. The predicted octanol–water partition coefficient (Wildman–Crippen LogP) is 3.63. The molecule has 2 nitrogen and oxygen atoms in total. The highest BCUT2D eigenvalue weighted by atomic mass is 35.5. The number of hydrogen-bond acceptors (Lipinski definition) is 2. The van der Waals surface area contributed by atoms with Crippen molar-refractivity contribution in [3.8, 4) is 0 Å². The van der Waals surface area contributed by atoms with E-state index in [1.807, 2.05) is 30.3 Å². The van der Waals surface area contributed by atoms with Gasteiger partial charge in [-0.05, 0) is 29.7 Å². The van der Waals surface area contributed by atoms with Crippen molar-refractivity contribution in [2.75, 3.05) is 0 Å². The maximum Gasteiger partial charge on any atom is 0.0622 e. The van der Waals surface area contributed by atoms with E-state index < -0.39 is 0 Å². The molecular weight excluding hydrogens is 255 g/mol. The Hall–Kier alpha value is -1.09.